The highest BCUT2D eigenvalue weighted by Crippen LogP contribution is 2.24. The maximum Gasteiger partial charge on any atom is 0.227 e. The van der Waals surface area contributed by atoms with E-state index in [9.17, 15) is 4.79 Å². The molecule has 2 N–H and O–H groups in total. The first kappa shape index (κ1) is 12.7. The fourth-order valence-electron chi connectivity index (χ4n) is 2.61. The minimum Gasteiger partial charge on any atom is -0.398 e. The van der Waals surface area contributed by atoms with Crippen LogP contribution < -0.4 is 5.73 Å². The molecule has 0 saturated heterocycles. The quantitative estimate of drug-likeness (QED) is 0.844. The normalized spacial score (nSPS) is 13.9. The number of nitrogens with zero attached hydrogens (tertiary/aromatic N) is 2. The predicted molar refractivity (Wildman–Crippen MR) is 77.9 cm³/mol. The van der Waals surface area contributed by atoms with E-state index in [2.05, 4.69) is 11.1 Å². The number of nitrogen functional groups attached to an aromatic ring is 1. The summed E-state index contributed by atoms with van der Waals surface area (Å²) in [6.45, 7) is 1.38. The number of carbonyl (C=O) groups is 1. The zero-order valence-electron chi connectivity index (χ0n) is 11.2. The number of benzene rings is 1. The summed E-state index contributed by atoms with van der Waals surface area (Å²) in [4.78, 5) is 18.2. The molecule has 0 fully saturated rings. The highest BCUT2D eigenvalue weighted by molar-refractivity contribution is 5.79. The van der Waals surface area contributed by atoms with Crippen LogP contribution in [0.1, 0.15) is 16.7 Å². The predicted octanol–water partition coefficient (Wildman–Crippen LogP) is 1.79. The van der Waals surface area contributed by atoms with Gasteiger partial charge in [0, 0.05) is 31.2 Å². The van der Waals surface area contributed by atoms with E-state index in [1.807, 2.05) is 29.2 Å². The maximum absolute atomic E-state index is 12.4. The minimum absolute atomic E-state index is 0.144. The summed E-state index contributed by atoms with van der Waals surface area (Å²) in [6.07, 6.45) is 4.73. The lowest BCUT2D eigenvalue weighted by atomic mass is 9.97. The number of pyridine rings is 1. The number of hydrogen-bond acceptors (Lipinski definition) is 3. The van der Waals surface area contributed by atoms with Gasteiger partial charge < -0.3 is 10.6 Å². The summed E-state index contributed by atoms with van der Waals surface area (Å²) < 4.78 is 0. The summed E-state index contributed by atoms with van der Waals surface area (Å²) in [5.41, 5.74) is 10.1. The molecule has 0 saturated carbocycles. The van der Waals surface area contributed by atoms with Crippen LogP contribution >= 0.6 is 0 Å². The molecule has 1 aliphatic heterocycles. The van der Waals surface area contributed by atoms with Crippen LogP contribution in [0.5, 0.6) is 0 Å². The van der Waals surface area contributed by atoms with Crippen molar-refractivity contribution in [3.8, 4) is 0 Å². The number of aromatic nitrogens is 1. The minimum atomic E-state index is 0.144. The Morgan fingerprint density at radius 2 is 2.05 bits per heavy atom. The molecule has 4 heteroatoms. The van der Waals surface area contributed by atoms with Crippen LogP contribution in [0.25, 0.3) is 0 Å². The third kappa shape index (κ3) is 2.50. The van der Waals surface area contributed by atoms with Crippen molar-refractivity contribution < 1.29 is 4.79 Å². The lowest BCUT2D eigenvalue weighted by Gasteiger charge is -2.29. The van der Waals surface area contributed by atoms with Crippen LogP contribution in [-0.2, 0) is 24.2 Å². The fraction of sp³-hybridized carbons (Fsp3) is 0.250. The van der Waals surface area contributed by atoms with Gasteiger partial charge in [-0.3, -0.25) is 9.78 Å². The molecule has 1 aromatic heterocycles. The van der Waals surface area contributed by atoms with Gasteiger partial charge in [-0.2, -0.15) is 0 Å². The Bertz CT molecular complexity index is 625. The molecule has 2 aromatic rings. The van der Waals surface area contributed by atoms with E-state index in [1.54, 1.807) is 12.4 Å². The third-order valence-corrected chi connectivity index (χ3v) is 3.77. The topological polar surface area (TPSA) is 59.2 Å². The van der Waals surface area contributed by atoms with Crippen LogP contribution in [0.15, 0.2) is 42.7 Å². The standard InChI is InChI=1S/C16H17N3O/c17-15-3-1-2-13-6-9-19(11-14(13)15)16(20)10-12-4-7-18-8-5-12/h1-5,7-8H,6,9-11,17H2. The average Bonchev–Trinajstić information content (AvgIpc) is 2.48. The van der Waals surface area contributed by atoms with Crippen LogP contribution in [0, 0.1) is 0 Å². The van der Waals surface area contributed by atoms with Gasteiger partial charge in [0.25, 0.3) is 0 Å². The van der Waals surface area contributed by atoms with Gasteiger partial charge in [0.2, 0.25) is 5.91 Å². The van der Waals surface area contributed by atoms with Gasteiger partial charge in [-0.1, -0.05) is 12.1 Å². The molecule has 4 nitrogen and oxygen atoms in total. The van der Waals surface area contributed by atoms with Gasteiger partial charge in [0.05, 0.1) is 6.42 Å². The highest BCUT2D eigenvalue weighted by atomic mass is 16.2. The number of fused-ring (bicyclic) bond motifs is 1. The van der Waals surface area contributed by atoms with Crippen LogP contribution in [0.3, 0.4) is 0 Å². The lowest BCUT2D eigenvalue weighted by Crippen LogP contribution is -2.37. The molecular weight excluding hydrogens is 250 g/mol. The Labute approximate surface area is 118 Å². The maximum atomic E-state index is 12.4. The summed E-state index contributed by atoms with van der Waals surface area (Å²) in [6, 6.07) is 9.73. The number of carbonyl (C=O) groups excluding carboxylic acids is 1. The molecule has 102 valence electrons. The molecule has 1 aliphatic rings. The van der Waals surface area contributed by atoms with E-state index in [0.717, 1.165) is 29.8 Å². The lowest BCUT2D eigenvalue weighted by molar-refractivity contribution is -0.131. The average molecular weight is 267 g/mol. The Morgan fingerprint density at radius 1 is 1.25 bits per heavy atom. The second-order valence-corrected chi connectivity index (χ2v) is 5.08. The zero-order chi connectivity index (χ0) is 13.9. The van der Waals surface area contributed by atoms with E-state index in [1.165, 1.54) is 5.56 Å². The Morgan fingerprint density at radius 3 is 2.85 bits per heavy atom. The third-order valence-electron chi connectivity index (χ3n) is 3.77. The molecule has 1 amide bonds. The largest absolute Gasteiger partial charge is 0.398 e. The molecule has 0 atom stereocenters. The Hall–Kier alpha value is -2.36. The molecule has 0 unspecified atom stereocenters. The molecule has 0 spiro atoms. The smallest absolute Gasteiger partial charge is 0.227 e. The van der Waals surface area contributed by atoms with Crippen molar-refractivity contribution in [2.45, 2.75) is 19.4 Å². The van der Waals surface area contributed by atoms with Crippen molar-refractivity contribution in [1.29, 1.82) is 0 Å². The van der Waals surface area contributed by atoms with Gasteiger partial charge >= 0.3 is 0 Å². The van der Waals surface area contributed by atoms with Crippen molar-refractivity contribution in [2.75, 3.05) is 12.3 Å². The molecule has 2 heterocycles. The van der Waals surface area contributed by atoms with E-state index in [4.69, 9.17) is 5.73 Å². The Balaban J connectivity index is 1.74. The van der Waals surface area contributed by atoms with Gasteiger partial charge in [-0.25, -0.2) is 0 Å². The van der Waals surface area contributed by atoms with Crippen LogP contribution in [0.2, 0.25) is 0 Å². The van der Waals surface area contributed by atoms with Crippen molar-refractivity contribution in [3.63, 3.8) is 0 Å². The first-order chi connectivity index (χ1) is 9.74. The van der Waals surface area contributed by atoms with Gasteiger partial charge in [-0.15, -0.1) is 0 Å². The van der Waals surface area contributed by atoms with Crippen molar-refractivity contribution in [1.82, 2.24) is 9.88 Å². The first-order valence-corrected chi connectivity index (χ1v) is 6.77. The SMILES string of the molecule is Nc1cccc2c1CN(C(=O)Cc1ccncc1)CC2. The fourth-order valence-corrected chi connectivity index (χ4v) is 2.61. The van der Waals surface area contributed by atoms with Gasteiger partial charge in [-0.05, 0) is 41.3 Å². The second kappa shape index (κ2) is 5.33. The number of rotatable bonds is 2. The number of nitrogens with two attached hydrogens (primary N) is 1. The number of amides is 1. The summed E-state index contributed by atoms with van der Waals surface area (Å²) >= 11 is 0. The first-order valence-electron chi connectivity index (χ1n) is 6.77. The Kier molecular flexibility index (Phi) is 3.37. The van der Waals surface area contributed by atoms with Crippen molar-refractivity contribution in [2.24, 2.45) is 0 Å². The second-order valence-electron chi connectivity index (χ2n) is 5.08. The monoisotopic (exact) mass is 267 g/mol. The van der Waals surface area contributed by atoms with E-state index in [0.29, 0.717) is 13.0 Å². The van der Waals surface area contributed by atoms with Crippen molar-refractivity contribution >= 4 is 11.6 Å². The highest BCUT2D eigenvalue weighted by Gasteiger charge is 2.21. The summed E-state index contributed by atoms with van der Waals surface area (Å²) in [5, 5.41) is 0. The van der Waals surface area contributed by atoms with Crippen LogP contribution in [0.4, 0.5) is 5.69 Å². The molecule has 20 heavy (non-hydrogen) atoms. The van der Waals surface area contributed by atoms with Crippen molar-refractivity contribution in [3.05, 3.63) is 59.4 Å². The zero-order valence-corrected chi connectivity index (χ0v) is 11.2. The molecule has 0 radical (unpaired) electrons. The molecule has 0 bridgehead atoms. The summed E-state index contributed by atoms with van der Waals surface area (Å²) in [7, 11) is 0. The van der Waals surface area contributed by atoms with Gasteiger partial charge in [0.1, 0.15) is 0 Å². The van der Waals surface area contributed by atoms with E-state index >= 15 is 0 Å². The molecule has 1 aromatic carbocycles. The van der Waals surface area contributed by atoms with Gasteiger partial charge in [0.15, 0.2) is 0 Å². The molecule has 3 rings (SSSR count). The van der Waals surface area contributed by atoms with E-state index < -0.39 is 0 Å². The van der Waals surface area contributed by atoms with Crippen LogP contribution in [-0.4, -0.2) is 22.3 Å². The molecule has 0 aliphatic carbocycles. The number of anilines is 1. The van der Waals surface area contributed by atoms with E-state index in [-0.39, 0.29) is 5.91 Å². The number of hydrogen-bond donors (Lipinski definition) is 1. The molecular formula is C16H17N3O. The summed E-state index contributed by atoms with van der Waals surface area (Å²) in [5.74, 6) is 0.144.